The van der Waals surface area contributed by atoms with Gasteiger partial charge in [0.05, 0.1) is 10.9 Å². The van der Waals surface area contributed by atoms with E-state index in [0.29, 0.717) is 48.1 Å². The molecule has 132 valence electrons. The molecule has 0 radical (unpaired) electrons. The van der Waals surface area contributed by atoms with Crippen molar-refractivity contribution < 1.29 is 4.79 Å². The lowest BCUT2D eigenvalue weighted by Gasteiger charge is -2.28. The minimum atomic E-state index is -0.108. The van der Waals surface area contributed by atoms with Crippen LogP contribution in [-0.2, 0) is 11.2 Å². The maximum Gasteiger partial charge on any atom is 0.258 e. The Kier molecular flexibility index (Phi) is 4.53. The van der Waals surface area contributed by atoms with Gasteiger partial charge in [0.25, 0.3) is 5.56 Å². The second-order valence-electron chi connectivity index (χ2n) is 7.06. The molecule has 2 aromatic rings. The Morgan fingerprint density at radius 1 is 1.20 bits per heavy atom. The number of rotatable bonds is 4. The third-order valence-electron chi connectivity index (χ3n) is 5.41. The molecule has 2 bridgehead atoms. The van der Waals surface area contributed by atoms with Gasteiger partial charge in [-0.3, -0.25) is 9.59 Å². The first kappa shape index (κ1) is 16.3. The number of aromatic nitrogens is 2. The second-order valence-corrected chi connectivity index (χ2v) is 7.06. The number of nitrogens with one attached hydrogen (secondary N) is 2. The van der Waals surface area contributed by atoms with E-state index in [0.717, 1.165) is 32.4 Å². The number of aromatic amines is 1. The Labute approximate surface area is 146 Å². The second kappa shape index (κ2) is 6.96. The molecule has 2 aliphatic heterocycles. The SMILES string of the molecule is O=C(CCCc1nc2ccccc2c(=O)[nH]1)N1C2CCNCC1CC2. The van der Waals surface area contributed by atoms with Crippen molar-refractivity contribution in [3.63, 3.8) is 0 Å². The first-order valence-corrected chi connectivity index (χ1v) is 9.22. The van der Waals surface area contributed by atoms with Crippen LogP contribution in [-0.4, -0.2) is 45.9 Å². The lowest BCUT2D eigenvalue weighted by atomic mass is 10.1. The van der Waals surface area contributed by atoms with Crippen molar-refractivity contribution >= 4 is 16.8 Å². The fourth-order valence-electron chi connectivity index (χ4n) is 4.18. The van der Waals surface area contributed by atoms with Crippen molar-refractivity contribution in [2.24, 2.45) is 0 Å². The van der Waals surface area contributed by atoms with Crippen LogP contribution in [0.3, 0.4) is 0 Å². The summed E-state index contributed by atoms with van der Waals surface area (Å²) in [5.74, 6) is 0.913. The van der Waals surface area contributed by atoms with Gasteiger partial charge >= 0.3 is 0 Å². The predicted molar refractivity (Wildman–Crippen MR) is 96.4 cm³/mol. The van der Waals surface area contributed by atoms with E-state index in [1.165, 1.54) is 0 Å². The molecule has 2 unspecified atom stereocenters. The minimum Gasteiger partial charge on any atom is -0.335 e. The van der Waals surface area contributed by atoms with Crippen LogP contribution in [0.5, 0.6) is 0 Å². The molecule has 6 heteroatoms. The summed E-state index contributed by atoms with van der Waals surface area (Å²) in [4.78, 5) is 34.3. The highest BCUT2D eigenvalue weighted by molar-refractivity contribution is 5.78. The number of carbonyl (C=O) groups is 1. The molecular weight excluding hydrogens is 316 g/mol. The number of hydrogen-bond acceptors (Lipinski definition) is 4. The molecule has 1 aromatic carbocycles. The van der Waals surface area contributed by atoms with E-state index in [4.69, 9.17) is 0 Å². The van der Waals surface area contributed by atoms with Gasteiger partial charge in [0.15, 0.2) is 0 Å². The molecule has 2 atom stereocenters. The zero-order chi connectivity index (χ0) is 17.2. The van der Waals surface area contributed by atoms with Crippen LogP contribution in [0.25, 0.3) is 10.9 Å². The maximum absolute atomic E-state index is 12.7. The molecule has 2 N–H and O–H groups in total. The van der Waals surface area contributed by atoms with Gasteiger partial charge in [-0.2, -0.15) is 0 Å². The number of carbonyl (C=O) groups excluding carboxylic acids is 1. The maximum atomic E-state index is 12.7. The zero-order valence-electron chi connectivity index (χ0n) is 14.3. The van der Waals surface area contributed by atoms with Gasteiger partial charge < -0.3 is 15.2 Å². The summed E-state index contributed by atoms with van der Waals surface area (Å²) in [5.41, 5.74) is 0.604. The fourth-order valence-corrected chi connectivity index (χ4v) is 4.18. The van der Waals surface area contributed by atoms with E-state index in [9.17, 15) is 9.59 Å². The van der Waals surface area contributed by atoms with Crippen LogP contribution in [0.15, 0.2) is 29.1 Å². The van der Waals surface area contributed by atoms with Crippen LogP contribution >= 0.6 is 0 Å². The lowest BCUT2D eigenvalue weighted by Crippen LogP contribution is -2.42. The highest BCUT2D eigenvalue weighted by atomic mass is 16.2. The minimum absolute atomic E-state index is 0.108. The smallest absolute Gasteiger partial charge is 0.258 e. The Bertz CT molecular complexity index is 818. The number of aryl methyl sites for hydroxylation is 1. The molecule has 0 saturated carbocycles. The Morgan fingerprint density at radius 2 is 2.04 bits per heavy atom. The van der Waals surface area contributed by atoms with Crippen LogP contribution in [0.2, 0.25) is 0 Å². The number of benzene rings is 1. The standard InChI is InChI=1S/C19H24N4O2/c24-18(23-13-8-9-14(23)12-20-11-10-13)7-3-6-17-21-16-5-2-1-4-15(16)19(25)22-17/h1-2,4-5,13-14,20H,3,6-12H2,(H,21,22,25). The van der Waals surface area contributed by atoms with Crippen LogP contribution in [0.1, 0.15) is 37.9 Å². The zero-order valence-corrected chi connectivity index (χ0v) is 14.3. The Balaban J connectivity index is 1.39. The van der Waals surface area contributed by atoms with Crippen molar-refractivity contribution in [3.05, 3.63) is 40.4 Å². The molecular formula is C19H24N4O2. The summed E-state index contributed by atoms with van der Waals surface area (Å²) in [5, 5.41) is 4.03. The number of fused-ring (bicyclic) bond motifs is 3. The third kappa shape index (κ3) is 3.31. The molecule has 0 spiro atoms. The van der Waals surface area contributed by atoms with Gasteiger partial charge in [0, 0.05) is 31.5 Å². The number of nitrogens with zero attached hydrogens (tertiary/aromatic N) is 2. The third-order valence-corrected chi connectivity index (χ3v) is 5.41. The van der Waals surface area contributed by atoms with Crippen molar-refractivity contribution in [3.8, 4) is 0 Å². The van der Waals surface area contributed by atoms with E-state index in [1.54, 1.807) is 6.07 Å². The van der Waals surface area contributed by atoms with Crippen molar-refractivity contribution in [1.29, 1.82) is 0 Å². The first-order chi connectivity index (χ1) is 12.2. The van der Waals surface area contributed by atoms with Crippen LogP contribution < -0.4 is 10.9 Å². The van der Waals surface area contributed by atoms with E-state index < -0.39 is 0 Å². The lowest BCUT2D eigenvalue weighted by molar-refractivity contribution is -0.133. The first-order valence-electron chi connectivity index (χ1n) is 9.22. The number of para-hydroxylation sites is 1. The van der Waals surface area contributed by atoms with E-state index >= 15 is 0 Å². The largest absolute Gasteiger partial charge is 0.335 e. The highest BCUT2D eigenvalue weighted by Gasteiger charge is 2.37. The summed E-state index contributed by atoms with van der Waals surface area (Å²) in [6, 6.07) is 8.11. The molecule has 25 heavy (non-hydrogen) atoms. The van der Waals surface area contributed by atoms with Gasteiger partial charge in [-0.05, 0) is 44.4 Å². The van der Waals surface area contributed by atoms with E-state index in [2.05, 4.69) is 20.2 Å². The van der Waals surface area contributed by atoms with E-state index in [1.807, 2.05) is 18.2 Å². The fraction of sp³-hybridized carbons (Fsp3) is 0.526. The molecule has 2 fully saturated rings. The highest BCUT2D eigenvalue weighted by Crippen LogP contribution is 2.28. The summed E-state index contributed by atoms with van der Waals surface area (Å²) in [6.45, 7) is 1.93. The normalized spacial score (nSPS) is 23.0. The predicted octanol–water partition coefficient (Wildman–Crippen LogP) is 1.60. The van der Waals surface area contributed by atoms with Gasteiger partial charge in [-0.1, -0.05) is 12.1 Å². The molecule has 4 rings (SSSR count). The number of hydrogen-bond donors (Lipinski definition) is 2. The topological polar surface area (TPSA) is 78.1 Å². The van der Waals surface area contributed by atoms with Gasteiger partial charge in [0.2, 0.25) is 5.91 Å². The Morgan fingerprint density at radius 3 is 2.96 bits per heavy atom. The van der Waals surface area contributed by atoms with Crippen LogP contribution in [0, 0.1) is 0 Å². The molecule has 6 nitrogen and oxygen atoms in total. The molecule has 2 aliphatic rings. The quantitative estimate of drug-likeness (QED) is 0.886. The Hall–Kier alpha value is -2.21. The van der Waals surface area contributed by atoms with Crippen molar-refractivity contribution in [2.75, 3.05) is 13.1 Å². The summed E-state index contributed by atoms with van der Waals surface area (Å²) in [7, 11) is 0. The summed E-state index contributed by atoms with van der Waals surface area (Å²) < 4.78 is 0. The molecule has 2 saturated heterocycles. The molecule has 0 aliphatic carbocycles. The number of amides is 1. The number of H-pyrrole nitrogens is 1. The summed E-state index contributed by atoms with van der Waals surface area (Å²) >= 11 is 0. The average molecular weight is 340 g/mol. The van der Waals surface area contributed by atoms with Crippen LogP contribution in [0.4, 0.5) is 0 Å². The monoisotopic (exact) mass is 340 g/mol. The van der Waals surface area contributed by atoms with Gasteiger partial charge in [0.1, 0.15) is 5.82 Å². The van der Waals surface area contributed by atoms with Crippen molar-refractivity contribution in [1.82, 2.24) is 20.2 Å². The molecule has 1 amide bonds. The average Bonchev–Trinajstić information content (AvgIpc) is 2.88. The molecule has 3 heterocycles. The molecule has 1 aromatic heterocycles. The van der Waals surface area contributed by atoms with Gasteiger partial charge in [-0.15, -0.1) is 0 Å². The van der Waals surface area contributed by atoms with E-state index in [-0.39, 0.29) is 11.5 Å². The summed E-state index contributed by atoms with van der Waals surface area (Å²) in [6.07, 6.45) is 5.16. The van der Waals surface area contributed by atoms with Gasteiger partial charge in [-0.25, -0.2) is 4.98 Å². The van der Waals surface area contributed by atoms with Crippen molar-refractivity contribution in [2.45, 2.75) is 50.6 Å².